The van der Waals surface area contributed by atoms with Crippen LogP contribution in [-0.4, -0.2) is 19.4 Å². The molecule has 1 aliphatic rings. The van der Waals surface area contributed by atoms with Gasteiger partial charge in [-0.1, -0.05) is 0 Å². The summed E-state index contributed by atoms with van der Waals surface area (Å²) in [5.74, 6) is -1.31. The van der Waals surface area contributed by atoms with Gasteiger partial charge in [-0.3, -0.25) is 4.79 Å². The number of carbonyl (C=O) groups excluding carboxylic acids is 1. The minimum Gasteiger partial charge on any atom is -0.367 e. The number of anilines is 1. The van der Waals surface area contributed by atoms with E-state index in [9.17, 15) is 13.6 Å². The molecule has 0 spiro atoms. The van der Waals surface area contributed by atoms with Crippen LogP contribution in [0.25, 0.3) is 0 Å². The molecule has 1 heterocycles. The van der Waals surface area contributed by atoms with Crippen molar-refractivity contribution in [1.29, 1.82) is 0 Å². The van der Waals surface area contributed by atoms with Gasteiger partial charge in [-0.2, -0.15) is 0 Å². The monoisotopic (exact) mass is 211 g/mol. The third kappa shape index (κ3) is 1.84. The predicted octanol–water partition coefficient (Wildman–Crippen LogP) is 2.38. The number of carbonyl (C=O) groups is 1. The van der Waals surface area contributed by atoms with Crippen molar-refractivity contribution >= 4 is 12.0 Å². The lowest BCUT2D eigenvalue weighted by Gasteiger charge is -2.19. The summed E-state index contributed by atoms with van der Waals surface area (Å²) in [7, 11) is 0. The van der Waals surface area contributed by atoms with E-state index in [2.05, 4.69) is 0 Å². The highest BCUT2D eigenvalue weighted by Gasteiger charge is 2.20. The lowest BCUT2D eigenvalue weighted by molar-refractivity contribution is 0.112. The maximum atomic E-state index is 13.5. The van der Waals surface area contributed by atoms with Crippen LogP contribution in [0.3, 0.4) is 0 Å². The Kier molecular flexibility index (Phi) is 2.66. The first kappa shape index (κ1) is 10.1. The highest BCUT2D eigenvalue weighted by molar-refractivity contribution is 5.76. The number of aldehydes is 1. The molecule has 1 fully saturated rings. The highest BCUT2D eigenvalue weighted by Crippen LogP contribution is 2.27. The summed E-state index contributed by atoms with van der Waals surface area (Å²) in [5, 5.41) is 0. The maximum Gasteiger partial charge on any atom is 0.150 e. The van der Waals surface area contributed by atoms with Gasteiger partial charge >= 0.3 is 0 Å². The fraction of sp³-hybridized carbons (Fsp3) is 0.364. The van der Waals surface area contributed by atoms with Crippen LogP contribution < -0.4 is 4.90 Å². The molecule has 2 rings (SSSR count). The molecule has 1 saturated heterocycles. The Labute approximate surface area is 86.5 Å². The summed E-state index contributed by atoms with van der Waals surface area (Å²) in [5.41, 5.74) is 0.0334. The number of hydrogen-bond acceptors (Lipinski definition) is 2. The minimum atomic E-state index is -0.654. The van der Waals surface area contributed by atoms with Crippen molar-refractivity contribution in [2.24, 2.45) is 0 Å². The van der Waals surface area contributed by atoms with Gasteiger partial charge in [0, 0.05) is 18.7 Å². The summed E-state index contributed by atoms with van der Waals surface area (Å²) in [4.78, 5) is 12.1. The van der Waals surface area contributed by atoms with Crippen molar-refractivity contribution in [3.63, 3.8) is 0 Å². The van der Waals surface area contributed by atoms with Crippen LogP contribution in [0, 0.1) is 11.6 Å². The molecule has 2 nitrogen and oxygen atoms in total. The van der Waals surface area contributed by atoms with Crippen LogP contribution in [-0.2, 0) is 0 Å². The molecule has 80 valence electrons. The molecular weight excluding hydrogens is 200 g/mol. The Hall–Kier alpha value is -1.45. The number of benzene rings is 1. The van der Waals surface area contributed by atoms with Crippen molar-refractivity contribution in [1.82, 2.24) is 0 Å². The lowest BCUT2D eigenvalue weighted by Crippen LogP contribution is -2.20. The number of halogens is 2. The van der Waals surface area contributed by atoms with Gasteiger partial charge in [0.15, 0.2) is 0 Å². The van der Waals surface area contributed by atoms with Crippen molar-refractivity contribution in [3.8, 4) is 0 Å². The summed E-state index contributed by atoms with van der Waals surface area (Å²) in [6.07, 6.45) is 2.35. The molecule has 0 bridgehead atoms. The van der Waals surface area contributed by atoms with E-state index in [-0.39, 0.29) is 11.3 Å². The topological polar surface area (TPSA) is 20.3 Å². The van der Waals surface area contributed by atoms with Gasteiger partial charge in [-0.15, -0.1) is 0 Å². The van der Waals surface area contributed by atoms with Crippen molar-refractivity contribution < 1.29 is 13.6 Å². The van der Waals surface area contributed by atoms with E-state index in [1.807, 2.05) is 0 Å². The zero-order chi connectivity index (χ0) is 10.8. The fourth-order valence-corrected chi connectivity index (χ4v) is 1.90. The zero-order valence-corrected chi connectivity index (χ0v) is 8.17. The molecule has 0 unspecified atom stereocenters. The summed E-state index contributed by atoms with van der Waals surface area (Å²) in [6.45, 7) is 1.35. The second-order valence-electron chi connectivity index (χ2n) is 3.65. The van der Waals surface area contributed by atoms with E-state index in [1.165, 1.54) is 0 Å². The van der Waals surface area contributed by atoms with Crippen molar-refractivity contribution in [3.05, 3.63) is 29.3 Å². The van der Waals surface area contributed by atoms with Gasteiger partial charge in [0.2, 0.25) is 0 Å². The third-order valence-electron chi connectivity index (χ3n) is 2.60. The molecule has 0 atom stereocenters. The van der Waals surface area contributed by atoms with Crippen molar-refractivity contribution in [2.75, 3.05) is 18.0 Å². The number of nitrogens with zero attached hydrogens (tertiary/aromatic N) is 1. The second-order valence-corrected chi connectivity index (χ2v) is 3.65. The molecule has 0 aromatic heterocycles. The third-order valence-corrected chi connectivity index (χ3v) is 2.60. The Morgan fingerprint density at radius 3 is 2.13 bits per heavy atom. The van der Waals surface area contributed by atoms with Crippen LogP contribution in [0.2, 0.25) is 0 Å². The van der Waals surface area contributed by atoms with Gasteiger partial charge in [-0.05, 0) is 25.0 Å². The summed E-state index contributed by atoms with van der Waals surface area (Å²) >= 11 is 0. The Balaban J connectivity index is 2.42. The quantitative estimate of drug-likeness (QED) is 0.700. The Bertz CT molecular complexity index is 363. The summed E-state index contributed by atoms with van der Waals surface area (Å²) in [6, 6.07) is 2.15. The summed E-state index contributed by atoms with van der Waals surface area (Å²) < 4.78 is 27.0. The SMILES string of the molecule is O=Cc1cc(F)c(N2CCCC2)c(F)c1. The molecule has 1 aromatic carbocycles. The molecule has 4 heteroatoms. The molecule has 1 aliphatic heterocycles. The van der Waals surface area contributed by atoms with E-state index >= 15 is 0 Å². The zero-order valence-electron chi connectivity index (χ0n) is 8.17. The normalized spacial score (nSPS) is 15.7. The lowest BCUT2D eigenvalue weighted by atomic mass is 10.2. The Morgan fingerprint density at radius 1 is 1.13 bits per heavy atom. The molecule has 0 N–H and O–H groups in total. The molecule has 0 amide bonds. The van der Waals surface area contributed by atoms with E-state index in [1.54, 1.807) is 4.90 Å². The highest BCUT2D eigenvalue weighted by atomic mass is 19.1. The van der Waals surface area contributed by atoms with Crippen LogP contribution >= 0.6 is 0 Å². The molecule has 0 aliphatic carbocycles. The molecule has 0 saturated carbocycles. The first-order valence-corrected chi connectivity index (χ1v) is 4.91. The second kappa shape index (κ2) is 3.96. The van der Waals surface area contributed by atoms with E-state index < -0.39 is 11.6 Å². The smallest absolute Gasteiger partial charge is 0.150 e. The number of rotatable bonds is 2. The van der Waals surface area contributed by atoms with Crippen LogP contribution in [0.4, 0.5) is 14.5 Å². The van der Waals surface area contributed by atoms with E-state index in [0.29, 0.717) is 19.4 Å². The van der Waals surface area contributed by atoms with Gasteiger partial charge in [0.1, 0.15) is 23.6 Å². The van der Waals surface area contributed by atoms with Crippen LogP contribution in [0.15, 0.2) is 12.1 Å². The number of hydrogen-bond donors (Lipinski definition) is 0. The average Bonchev–Trinajstić information content (AvgIpc) is 2.69. The average molecular weight is 211 g/mol. The standard InChI is InChI=1S/C11H11F2NO/c12-9-5-8(7-15)6-10(13)11(9)14-3-1-2-4-14/h5-7H,1-4H2. The van der Waals surface area contributed by atoms with Crippen molar-refractivity contribution in [2.45, 2.75) is 12.8 Å². The van der Waals surface area contributed by atoms with Crippen LogP contribution in [0.1, 0.15) is 23.2 Å². The maximum absolute atomic E-state index is 13.5. The molecule has 0 radical (unpaired) electrons. The molecular formula is C11H11F2NO. The fourth-order valence-electron chi connectivity index (χ4n) is 1.90. The van der Waals surface area contributed by atoms with E-state index in [0.717, 1.165) is 25.0 Å². The first-order valence-electron chi connectivity index (χ1n) is 4.91. The largest absolute Gasteiger partial charge is 0.367 e. The minimum absolute atomic E-state index is 0.00176. The van der Waals surface area contributed by atoms with Gasteiger partial charge in [-0.25, -0.2) is 8.78 Å². The van der Waals surface area contributed by atoms with Gasteiger partial charge in [0.05, 0.1) is 0 Å². The van der Waals surface area contributed by atoms with Gasteiger partial charge < -0.3 is 4.90 Å². The predicted molar refractivity (Wildman–Crippen MR) is 53.2 cm³/mol. The first-order chi connectivity index (χ1) is 7.22. The van der Waals surface area contributed by atoms with Crippen LogP contribution in [0.5, 0.6) is 0 Å². The molecule has 15 heavy (non-hydrogen) atoms. The van der Waals surface area contributed by atoms with Gasteiger partial charge in [0.25, 0.3) is 0 Å². The molecule has 1 aromatic rings. The van der Waals surface area contributed by atoms with E-state index in [4.69, 9.17) is 0 Å². The Morgan fingerprint density at radius 2 is 1.67 bits per heavy atom.